The summed E-state index contributed by atoms with van der Waals surface area (Å²) in [6, 6.07) is 0.0803. The lowest BCUT2D eigenvalue weighted by Crippen LogP contribution is -2.19. The van der Waals surface area contributed by atoms with Gasteiger partial charge in [0.2, 0.25) is 11.6 Å². The van der Waals surface area contributed by atoms with Crippen LogP contribution < -0.4 is 16.6 Å². The van der Waals surface area contributed by atoms with Crippen LogP contribution in [0.2, 0.25) is 0 Å². The predicted molar refractivity (Wildman–Crippen MR) is 72.6 cm³/mol. The normalized spacial score (nSPS) is 11.9. The predicted octanol–water partition coefficient (Wildman–Crippen LogP) is 1.22. The molecule has 0 spiro atoms. The van der Waals surface area contributed by atoms with E-state index in [0.29, 0.717) is 0 Å². The zero-order valence-corrected chi connectivity index (χ0v) is 11.0. The number of anilines is 2. The topological polar surface area (TPSA) is 119 Å². The Morgan fingerprint density at radius 3 is 2.78 bits per heavy atom. The number of thioether (sulfide) groups is 1. The molecule has 1 unspecified atom stereocenters. The molecule has 1 aromatic rings. The SMILES string of the molecule is CSCCC(C)Nc1ncnc(NN)c1[N+](=O)[O-]. The monoisotopic (exact) mass is 272 g/mol. The molecule has 9 heteroatoms. The van der Waals surface area contributed by atoms with Crippen molar-refractivity contribution in [2.24, 2.45) is 5.84 Å². The van der Waals surface area contributed by atoms with E-state index in [-0.39, 0.29) is 23.4 Å². The van der Waals surface area contributed by atoms with Gasteiger partial charge in [0.25, 0.3) is 0 Å². The fourth-order valence-electron chi connectivity index (χ4n) is 1.36. The van der Waals surface area contributed by atoms with Crippen LogP contribution in [-0.2, 0) is 0 Å². The van der Waals surface area contributed by atoms with Gasteiger partial charge in [-0.2, -0.15) is 11.8 Å². The average Bonchev–Trinajstić information content (AvgIpc) is 2.35. The molecular formula is C9H16N6O2S. The Morgan fingerprint density at radius 2 is 2.22 bits per heavy atom. The van der Waals surface area contributed by atoms with E-state index in [1.165, 1.54) is 6.33 Å². The largest absolute Gasteiger partial charge is 0.362 e. The molecule has 0 aromatic carbocycles. The molecule has 1 atom stereocenters. The minimum atomic E-state index is -0.557. The van der Waals surface area contributed by atoms with E-state index in [9.17, 15) is 10.1 Å². The van der Waals surface area contributed by atoms with Crippen LogP contribution in [0.3, 0.4) is 0 Å². The molecule has 4 N–H and O–H groups in total. The van der Waals surface area contributed by atoms with Crippen LogP contribution in [0.25, 0.3) is 0 Å². The molecule has 0 fully saturated rings. The first kappa shape index (κ1) is 14.5. The molecule has 0 bridgehead atoms. The number of nitrogen functional groups attached to an aromatic ring is 1. The van der Waals surface area contributed by atoms with E-state index in [1.807, 2.05) is 13.2 Å². The van der Waals surface area contributed by atoms with Gasteiger partial charge in [0, 0.05) is 6.04 Å². The maximum atomic E-state index is 11.0. The molecule has 0 amide bonds. The van der Waals surface area contributed by atoms with E-state index in [0.717, 1.165) is 12.2 Å². The van der Waals surface area contributed by atoms with Crippen molar-refractivity contribution in [2.45, 2.75) is 19.4 Å². The molecule has 18 heavy (non-hydrogen) atoms. The van der Waals surface area contributed by atoms with Gasteiger partial charge in [-0.3, -0.25) is 10.1 Å². The molecule has 8 nitrogen and oxygen atoms in total. The van der Waals surface area contributed by atoms with Crippen molar-refractivity contribution in [3.63, 3.8) is 0 Å². The molecule has 0 saturated heterocycles. The third-order valence-electron chi connectivity index (χ3n) is 2.28. The number of hydrogen-bond donors (Lipinski definition) is 3. The highest BCUT2D eigenvalue weighted by Gasteiger charge is 2.23. The van der Waals surface area contributed by atoms with Crippen LogP contribution in [0.15, 0.2) is 6.33 Å². The summed E-state index contributed by atoms with van der Waals surface area (Å²) in [6.45, 7) is 1.94. The van der Waals surface area contributed by atoms with Crippen LogP contribution in [0.5, 0.6) is 0 Å². The zero-order valence-electron chi connectivity index (χ0n) is 10.2. The second-order valence-corrected chi connectivity index (χ2v) is 4.63. The van der Waals surface area contributed by atoms with E-state index >= 15 is 0 Å². The van der Waals surface area contributed by atoms with Crippen molar-refractivity contribution >= 4 is 29.1 Å². The smallest absolute Gasteiger partial charge is 0.354 e. The average molecular weight is 272 g/mol. The number of rotatable bonds is 7. The summed E-state index contributed by atoms with van der Waals surface area (Å²) in [5.41, 5.74) is 1.96. The molecule has 100 valence electrons. The Morgan fingerprint density at radius 1 is 1.56 bits per heavy atom. The lowest BCUT2D eigenvalue weighted by molar-refractivity contribution is -0.383. The summed E-state index contributed by atoms with van der Waals surface area (Å²) in [5.74, 6) is 6.33. The van der Waals surface area contributed by atoms with Crippen LogP contribution in [-0.4, -0.2) is 32.9 Å². The van der Waals surface area contributed by atoms with E-state index in [4.69, 9.17) is 5.84 Å². The lowest BCUT2D eigenvalue weighted by atomic mass is 10.2. The third kappa shape index (κ3) is 3.70. The summed E-state index contributed by atoms with van der Waals surface area (Å²) in [7, 11) is 0. The van der Waals surface area contributed by atoms with Gasteiger partial charge >= 0.3 is 5.69 Å². The van der Waals surface area contributed by atoms with Crippen molar-refractivity contribution in [2.75, 3.05) is 22.8 Å². The van der Waals surface area contributed by atoms with Gasteiger partial charge in [0.15, 0.2) is 0 Å². The summed E-state index contributed by atoms with van der Waals surface area (Å²) in [5, 5.41) is 14.0. The molecule has 1 rings (SSSR count). The molecular weight excluding hydrogens is 256 g/mol. The molecule has 0 aliphatic rings. The number of nitrogens with two attached hydrogens (primary N) is 1. The second kappa shape index (κ2) is 6.97. The first-order valence-electron chi connectivity index (χ1n) is 5.31. The van der Waals surface area contributed by atoms with Crippen molar-refractivity contribution < 1.29 is 4.92 Å². The number of nitrogens with one attached hydrogen (secondary N) is 2. The van der Waals surface area contributed by atoms with Crippen molar-refractivity contribution in [3.05, 3.63) is 16.4 Å². The molecule has 0 aliphatic heterocycles. The van der Waals surface area contributed by atoms with Crippen LogP contribution >= 0.6 is 11.8 Å². The Hall–Kier alpha value is -1.61. The van der Waals surface area contributed by atoms with Gasteiger partial charge in [-0.15, -0.1) is 0 Å². The van der Waals surface area contributed by atoms with Gasteiger partial charge < -0.3 is 10.7 Å². The first-order valence-corrected chi connectivity index (χ1v) is 6.71. The fraction of sp³-hybridized carbons (Fsp3) is 0.556. The lowest BCUT2D eigenvalue weighted by Gasteiger charge is -2.14. The van der Waals surface area contributed by atoms with Crippen LogP contribution in [0, 0.1) is 10.1 Å². The standard InChI is InChI=1S/C9H16N6O2S/c1-6(3-4-18-2)13-8-7(15(16)17)9(14-10)12-5-11-8/h5-6H,3-4,10H2,1-2H3,(H2,11,12,13,14). The highest BCUT2D eigenvalue weighted by molar-refractivity contribution is 7.98. The fourth-order valence-corrected chi connectivity index (χ4v) is 1.95. The Labute approximate surface area is 109 Å². The van der Waals surface area contributed by atoms with Gasteiger partial charge in [0.05, 0.1) is 4.92 Å². The third-order valence-corrected chi connectivity index (χ3v) is 2.92. The number of hydrogen-bond acceptors (Lipinski definition) is 8. The Kier molecular flexibility index (Phi) is 5.59. The number of hydrazine groups is 1. The highest BCUT2D eigenvalue weighted by atomic mass is 32.2. The second-order valence-electron chi connectivity index (χ2n) is 3.65. The minimum absolute atomic E-state index is 0.00503. The molecule has 0 radical (unpaired) electrons. The molecule has 0 aliphatic carbocycles. The van der Waals surface area contributed by atoms with Crippen LogP contribution in [0.4, 0.5) is 17.3 Å². The highest BCUT2D eigenvalue weighted by Crippen LogP contribution is 2.28. The number of nitro groups is 1. The number of aromatic nitrogens is 2. The van der Waals surface area contributed by atoms with Gasteiger partial charge in [-0.1, -0.05) is 0 Å². The number of nitrogens with zero attached hydrogens (tertiary/aromatic N) is 3. The van der Waals surface area contributed by atoms with Crippen molar-refractivity contribution in [1.82, 2.24) is 9.97 Å². The maximum Gasteiger partial charge on any atom is 0.354 e. The Bertz CT molecular complexity index is 416. The maximum absolute atomic E-state index is 11.0. The van der Waals surface area contributed by atoms with Crippen LogP contribution in [0.1, 0.15) is 13.3 Å². The summed E-state index contributed by atoms with van der Waals surface area (Å²) in [6.07, 6.45) is 4.12. The van der Waals surface area contributed by atoms with Crippen molar-refractivity contribution in [1.29, 1.82) is 0 Å². The molecule has 1 heterocycles. The first-order chi connectivity index (χ1) is 8.60. The Balaban J connectivity index is 2.90. The zero-order chi connectivity index (χ0) is 13.5. The molecule has 1 aromatic heterocycles. The summed E-state index contributed by atoms with van der Waals surface area (Å²) in [4.78, 5) is 18.0. The van der Waals surface area contributed by atoms with Gasteiger partial charge in [-0.25, -0.2) is 15.8 Å². The van der Waals surface area contributed by atoms with E-state index in [2.05, 4.69) is 20.7 Å². The van der Waals surface area contributed by atoms with Crippen molar-refractivity contribution in [3.8, 4) is 0 Å². The molecule has 0 saturated carbocycles. The van der Waals surface area contributed by atoms with Gasteiger partial charge in [0.1, 0.15) is 6.33 Å². The summed E-state index contributed by atoms with van der Waals surface area (Å²) < 4.78 is 0. The summed E-state index contributed by atoms with van der Waals surface area (Å²) >= 11 is 1.72. The quantitative estimate of drug-likeness (QED) is 0.385. The minimum Gasteiger partial charge on any atom is -0.362 e. The van der Waals surface area contributed by atoms with E-state index in [1.54, 1.807) is 11.8 Å². The van der Waals surface area contributed by atoms with E-state index < -0.39 is 4.92 Å². The van der Waals surface area contributed by atoms with Gasteiger partial charge in [-0.05, 0) is 25.4 Å².